The van der Waals surface area contributed by atoms with E-state index < -0.39 is 0 Å². The lowest BCUT2D eigenvalue weighted by Crippen LogP contribution is -2.31. The smallest absolute Gasteiger partial charge is 0.131 e. The van der Waals surface area contributed by atoms with Gasteiger partial charge in [0.25, 0.3) is 0 Å². The van der Waals surface area contributed by atoms with Gasteiger partial charge in [0.15, 0.2) is 0 Å². The van der Waals surface area contributed by atoms with Crippen LogP contribution in [0.15, 0.2) is 12.1 Å². The van der Waals surface area contributed by atoms with Crippen molar-refractivity contribution in [2.45, 2.75) is 25.4 Å². The minimum Gasteiger partial charge on any atom is -0.395 e. The molecule has 1 aliphatic rings. The summed E-state index contributed by atoms with van der Waals surface area (Å²) in [6, 6.07) is 3.91. The first-order valence-corrected chi connectivity index (χ1v) is 6.11. The van der Waals surface area contributed by atoms with E-state index in [0.29, 0.717) is 10.3 Å². The molecule has 88 valence electrons. The van der Waals surface area contributed by atoms with Crippen LogP contribution in [-0.4, -0.2) is 34.2 Å². The van der Waals surface area contributed by atoms with Crippen molar-refractivity contribution in [3.05, 3.63) is 28.0 Å². The lowest BCUT2D eigenvalue weighted by atomic mass is 10.2. The molecular weight excluding hydrogens is 247 g/mol. The second kappa shape index (κ2) is 5.32. The van der Waals surface area contributed by atoms with Crippen molar-refractivity contribution < 1.29 is 5.11 Å². The highest BCUT2D eigenvalue weighted by atomic mass is 35.5. The van der Waals surface area contributed by atoms with Crippen LogP contribution in [0.5, 0.6) is 0 Å². The van der Waals surface area contributed by atoms with E-state index in [-0.39, 0.29) is 12.6 Å². The molecule has 0 amide bonds. The van der Waals surface area contributed by atoms with E-state index in [1.54, 1.807) is 0 Å². The van der Waals surface area contributed by atoms with Crippen molar-refractivity contribution in [1.29, 1.82) is 0 Å². The fourth-order valence-corrected chi connectivity index (χ4v) is 2.66. The lowest BCUT2D eigenvalue weighted by Gasteiger charge is -2.22. The maximum absolute atomic E-state index is 9.22. The van der Waals surface area contributed by atoms with Gasteiger partial charge in [0.1, 0.15) is 10.3 Å². The number of pyridine rings is 1. The van der Waals surface area contributed by atoms with Crippen molar-refractivity contribution in [3.63, 3.8) is 0 Å². The van der Waals surface area contributed by atoms with Gasteiger partial charge in [-0.05, 0) is 37.1 Å². The zero-order chi connectivity index (χ0) is 11.5. The Bertz CT molecular complexity index is 353. The zero-order valence-corrected chi connectivity index (χ0v) is 10.4. The summed E-state index contributed by atoms with van der Waals surface area (Å²) < 4.78 is 0. The van der Waals surface area contributed by atoms with E-state index >= 15 is 0 Å². The number of aromatic nitrogens is 1. The third-order valence-corrected chi connectivity index (χ3v) is 3.31. The molecule has 1 saturated heterocycles. The van der Waals surface area contributed by atoms with Crippen LogP contribution in [0.4, 0.5) is 0 Å². The molecule has 0 spiro atoms. The Morgan fingerprint density at radius 2 is 2.06 bits per heavy atom. The SMILES string of the molecule is OC[C@H]1CCCN1Cc1cc(Cl)nc(Cl)c1. The molecular formula is C11H14Cl2N2O. The molecule has 0 saturated carbocycles. The van der Waals surface area contributed by atoms with Gasteiger partial charge in [-0.25, -0.2) is 4.98 Å². The number of hydrogen-bond donors (Lipinski definition) is 1. The highest BCUT2D eigenvalue weighted by Gasteiger charge is 2.23. The summed E-state index contributed by atoms with van der Waals surface area (Å²) in [7, 11) is 0. The average Bonchev–Trinajstić information content (AvgIpc) is 2.63. The summed E-state index contributed by atoms with van der Waals surface area (Å²) in [4.78, 5) is 6.16. The number of rotatable bonds is 3. The van der Waals surface area contributed by atoms with Gasteiger partial charge in [-0.3, -0.25) is 4.90 Å². The van der Waals surface area contributed by atoms with Crippen molar-refractivity contribution in [2.75, 3.05) is 13.2 Å². The number of hydrogen-bond acceptors (Lipinski definition) is 3. The highest BCUT2D eigenvalue weighted by Crippen LogP contribution is 2.22. The summed E-state index contributed by atoms with van der Waals surface area (Å²) in [5.74, 6) is 0. The molecule has 16 heavy (non-hydrogen) atoms. The minimum absolute atomic E-state index is 0.215. The molecule has 3 nitrogen and oxygen atoms in total. The largest absolute Gasteiger partial charge is 0.395 e. The number of nitrogens with zero attached hydrogens (tertiary/aromatic N) is 2. The van der Waals surface area contributed by atoms with Gasteiger partial charge in [-0.2, -0.15) is 0 Å². The first-order valence-electron chi connectivity index (χ1n) is 5.36. The van der Waals surface area contributed by atoms with Gasteiger partial charge in [0, 0.05) is 12.6 Å². The fraction of sp³-hybridized carbons (Fsp3) is 0.545. The monoisotopic (exact) mass is 260 g/mol. The molecule has 1 aromatic heterocycles. The molecule has 0 radical (unpaired) electrons. The number of aliphatic hydroxyl groups excluding tert-OH is 1. The average molecular weight is 261 g/mol. The second-order valence-corrected chi connectivity index (χ2v) is 4.84. The van der Waals surface area contributed by atoms with E-state index in [4.69, 9.17) is 23.2 Å². The van der Waals surface area contributed by atoms with Crippen molar-refractivity contribution in [3.8, 4) is 0 Å². The predicted molar refractivity (Wildman–Crippen MR) is 64.8 cm³/mol. The molecule has 1 aromatic rings. The predicted octanol–water partition coefficient (Wildman–Crippen LogP) is 2.35. The summed E-state index contributed by atoms with van der Waals surface area (Å²) in [5.41, 5.74) is 1.05. The molecule has 1 fully saturated rings. The van der Waals surface area contributed by atoms with Crippen LogP contribution in [-0.2, 0) is 6.54 Å². The van der Waals surface area contributed by atoms with E-state index in [9.17, 15) is 5.11 Å². The van der Waals surface area contributed by atoms with E-state index in [1.807, 2.05) is 12.1 Å². The molecule has 0 aliphatic carbocycles. The number of aliphatic hydroxyl groups is 1. The van der Waals surface area contributed by atoms with Gasteiger partial charge in [0.05, 0.1) is 6.61 Å². The summed E-state index contributed by atoms with van der Waals surface area (Å²) in [6.45, 7) is 2.00. The summed E-state index contributed by atoms with van der Waals surface area (Å²) >= 11 is 11.7. The van der Waals surface area contributed by atoms with Crippen LogP contribution in [0.2, 0.25) is 10.3 Å². The summed E-state index contributed by atoms with van der Waals surface area (Å²) in [6.07, 6.45) is 2.20. The zero-order valence-electron chi connectivity index (χ0n) is 8.87. The van der Waals surface area contributed by atoms with Crippen LogP contribution < -0.4 is 0 Å². The Morgan fingerprint density at radius 3 is 2.69 bits per heavy atom. The van der Waals surface area contributed by atoms with Crippen LogP contribution >= 0.6 is 23.2 Å². The summed E-state index contributed by atoms with van der Waals surface area (Å²) in [5, 5.41) is 10.1. The Balaban J connectivity index is 2.08. The lowest BCUT2D eigenvalue weighted by molar-refractivity contribution is 0.153. The first kappa shape index (κ1) is 12.1. The van der Waals surface area contributed by atoms with Gasteiger partial charge in [-0.1, -0.05) is 23.2 Å². The molecule has 0 unspecified atom stereocenters. The molecule has 1 aliphatic heterocycles. The van der Waals surface area contributed by atoms with Gasteiger partial charge in [0.2, 0.25) is 0 Å². The molecule has 0 aromatic carbocycles. The van der Waals surface area contributed by atoms with Gasteiger partial charge >= 0.3 is 0 Å². The Labute approximate surface area is 105 Å². The van der Waals surface area contributed by atoms with Crippen LogP contribution in [0.3, 0.4) is 0 Å². The van der Waals surface area contributed by atoms with Gasteiger partial charge in [-0.15, -0.1) is 0 Å². The van der Waals surface area contributed by atoms with Crippen LogP contribution in [0.25, 0.3) is 0 Å². The normalized spacial score (nSPS) is 21.6. The van der Waals surface area contributed by atoms with E-state index in [0.717, 1.165) is 31.5 Å². The molecule has 2 rings (SSSR count). The maximum atomic E-state index is 9.22. The molecule has 2 heterocycles. The first-order chi connectivity index (χ1) is 7.69. The van der Waals surface area contributed by atoms with Crippen molar-refractivity contribution in [2.24, 2.45) is 0 Å². The fourth-order valence-electron chi connectivity index (χ4n) is 2.15. The molecule has 1 N–H and O–H groups in total. The van der Waals surface area contributed by atoms with Crippen molar-refractivity contribution >= 4 is 23.2 Å². The number of halogens is 2. The molecule has 1 atom stereocenters. The molecule has 5 heteroatoms. The standard InChI is InChI=1S/C11H14Cl2N2O/c12-10-4-8(5-11(13)14-10)6-15-3-1-2-9(15)7-16/h4-5,9,16H,1-3,6-7H2/t9-/m1/s1. The highest BCUT2D eigenvalue weighted by molar-refractivity contribution is 6.32. The van der Waals surface area contributed by atoms with Crippen molar-refractivity contribution in [1.82, 2.24) is 9.88 Å². The Morgan fingerprint density at radius 1 is 1.38 bits per heavy atom. The molecule has 0 bridgehead atoms. The number of likely N-dealkylation sites (tertiary alicyclic amines) is 1. The van der Waals surface area contributed by atoms with Crippen LogP contribution in [0, 0.1) is 0 Å². The maximum Gasteiger partial charge on any atom is 0.131 e. The quantitative estimate of drug-likeness (QED) is 0.848. The minimum atomic E-state index is 0.215. The third-order valence-electron chi connectivity index (χ3n) is 2.92. The second-order valence-electron chi connectivity index (χ2n) is 4.07. The topological polar surface area (TPSA) is 36.4 Å². The van der Waals surface area contributed by atoms with E-state index in [1.165, 1.54) is 0 Å². The third kappa shape index (κ3) is 2.86. The van der Waals surface area contributed by atoms with Gasteiger partial charge < -0.3 is 5.11 Å². The Hall–Kier alpha value is -0.350. The van der Waals surface area contributed by atoms with Crippen LogP contribution in [0.1, 0.15) is 18.4 Å². The Kier molecular flexibility index (Phi) is 4.03. The van der Waals surface area contributed by atoms with E-state index in [2.05, 4.69) is 9.88 Å².